The van der Waals surface area contributed by atoms with E-state index < -0.39 is 11.6 Å². The van der Waals surface area contributed by atoms with Crippen LogP contribution in [0.25, 0.3) is 28.3 Å². The van der Waals surface area contributed by atoms with E-state index in [-0.39, 0.29) is 5.95 Å². The van der Waals surface area contributed by atoms with Gasteiger partial charge in [-0.2, -0.15) is 9.50 Å². The lowest BCUT2D eigenvalue weighted by Gasteiger charge is -2.24. The number of nitrogens with two attached hydrogens (primary N) is 1. The van der Waals surface area contributed by atoms with Gasteiger partial charge in [-0.05, 0) is 43.3 Å². The first-order valence-electron chi connectivity index (χ1n) is 11.5. The summed E-state index contributed by atoms with van der Waals surface area (Å²) in [6.45, 7) is 4.61. The maximum Gasteiger partial charge on any atom is 0.225 e. The number of rotatable bonds is 5. The monoisotopic (exact) mass is 478 g/mol. The maximum absolute atomic E-state index is 14.2. The summed E-state index contributed by atoms with van der Waals surface area (Å²) in [6.07, 6.45) is 4.45. The number of anilines is 2. The molecular weight excluding hydrogens is 454 g/mol. The number of hydrogen-bond donors (Lipinski definition) is 1. The molecule has 1 aliphatic heterocycles. The van der Waals surface area contributed by atoms with Gasteiger partial charge in [-0.1, -0.05) is 0 Å². The average Bonchev–Trinajstić information content (AvgIpc) is 3.56. The van der Waals surface area contributed by atoms with Crippen LogP contribution in [0.5, 0.6) is 0 Å². The Hall–Kier alpha value is -3.99. The van der Waals surface area contributed by atoms with E-state index in [9.17, 15) is 8.78 Å². The van der Waals surface area contributed by atoms with Crippen LogP contribution in [0, 0.1) is 11.6 Å². The standard InChI is InChI=1S/C24H24F2N8O/c25-16-4-5-19(18(26)15-16)32-8-2-7-31(10-12-32)11-13-33-9-6-17-22(33)29-24(27)34-23(17)28-21(30-34)20-3-1-14-35-20/h1,3-6,9,14-15H,2,7-8,10-13H2,(H2,27,29). The first-order valence-corrected chi connectivity index (χ1v) is 11.5. The smallest absolute Gasteiger partial charge is 0.225 e. The SMILES string of the molecule is Nc1nc2c(ccn2CCN2CCCN(c3ccc(F)cc3F)CC2)c2nc(-c3ccco3)nn12. The summed E-state index contributed by atoms with van der Waals surface area (Å²) in [7, 11) is 0. The molecule has 6 rings (SSSR count). The van der Waals surface area contributed by atoms with Gasteiger partial charge in [-0.25, -0.2) is 13.8 Å². The Kier molecular flexibility index (Phi) is 5.33. The molecule has 5 heterocycles. The van der Waals surface area contributed by atoms with Gasteiger partial charge in [-0.3, -0.25) is 4.90 Å². The zero-order chi connectivity index (χ0) is 23.9. The molecule has 2 N–H and O–H groups in total. The minimum absolute atomic E-state index is 0.254. The Morgan fingerprint density at radius 3 is 2.71 bits per heavy atom. The fourth-order valence-corrected chi connectivity index (χ4v) is 4.68. The highest BCUT2D eigenvalue weighted by Crippen LogP contribution is 2.25. The van der Waals surface area contributed by atoms with Gasteiger partial charge in [0.05, 0.1) is 17.3 Å². The Morgan fingerprint density at radius 1 is 0.971 bits per heavy atom. The normalized spacial score (nSPS) is 15.3. The third-order valence-corrected chi connectivity index (χ3v) is 6.46. The van der Waals surface area contributed by atoms with Crippen molar-refractivity contribution in [1.29, 1.82) is 0 Å². The number of aromatic nitrogens is 5. The lowest BCUT2D eigenvalue weighted by Crippen LogP contribution is -2.33. The molecule has 0 saturated carbocycles. The summed E-state index contributed by atoms with van der Waals surface area (Å²) in [4.78, 5) is 13.5. The molecule has 1 aromatic carbocycles. The number of halogens is 2. The van der Waals surface area contributed by atoms with Crippen molar-refractivity contribution in [2.45, 2.75) is 13.0 Å². The van der Waals surface area contributed by atoms with E-state index in [0.717, 1.165) is 56.2 Å². The van der Waals surface area contributed by atoms with Crippen LogP contribution in [0.3, 0.4) is 0 Å². The highest BCUT2D eigenvalue weighted by atomic mass is 19.1. The van der Waals surface area contributed by atoms with Crippen molar-refractivity contribution >= 4 is 28.3 Å². The zero-order valence-corrected chi connectivity index (χ0v) is 18.9. The second-order valence-corrected chi connectivity index (χ2v) is 8.64. The summed E-state index contributed by atoms with van der Waals surface area (Å²) >= 11 is 0. The molecule has 0 radical (unpaired) electrons. The van der Waals surface area contributed by atoms with Crippen molar-refractivity contribution < 1.29 is 13.2 Å². The van der Waals surface area contributed by atoms with Crippen LogP contribution in [-0.4, -0.2) is 61.8 Å². The van der Waals surface area contributed by atoms with Gasteiger partial charge in [0, 0.05) is 45.0 Å². The Balaban J connectivity index is 1.18. The third kappa shape index (κ3) is 3.97. The van der Waals surface area contributed by atoms with Crippen molar-refractivity contribution in [2.24, 2.45) is 0 Å². The van der Waals surface area contributed by atoms with Crippen LogP contribution in [0.15, 0.2) is 53.3 Å². The summed E-state index contributed by atoms with van der Waals surface area (Å²) in [6, 6.07) is 9.32. The maximum atomic E-state index is 14.2. The molecule has 1 aliphatic rings. The van der Waals surface area contributed by atoms with Crippen molar-refractivity contribution in [1.82, 2.24) is 29.0 Å². The number of fused-ring (bicyclic) bond motifs is 3. The molecule has 1 fully saturated rings. The molecule has 0 atom stereocenters. The molecule has 11 heteroatoms. The number of benzene rings is 1. The van der Waals surface area contributed by atoms with E-state index in [1.807, 2.05) is 17.2 Å². The summed E-state index contributed by atoms with van der Waals surface area (Å²) < 4.78 is 36.5. The highest BCUT2D eigenvalue weighted by Gasteiger charge is 2.20. The van der Waals surface area contributed by atoms with Gasteiger partial charge in [0.2, 0.25) is 11.8 Å². The Bertz CT molecular complexity index is 1490. The zero-order valence-electron chi connectivity index (χ0n) is 18.9. The quantitative estimate of drug-likeness (QED) is 0.414. The molecular formula is C24H24F2N8O. The van der Waals surface area contributed by atoms with Crippen LogP contribution >= 0.6 is 0 Å². The van der Waals surface area contributed by atoms with Gasteiger partial charge in [-0.15, -0.1) is 5.10 Å². The van der Waals surface area contributed by atoms with Crippen LogP contribution in [0.4, 0.5) is 20.4 Å². The second kappa shape index (κ2) is 8.66. The second-order valence-electron chi connectivity index (χ2n) is 8.64. The van der Waals surface area contributed by atoms with Gasteiger partial charge in [0.1, 0.15) is 17.3 Å². The Labute approximate surface area is 199 Å². The predicted molar refractivity (Wildman–Crippen MR) is 128 cm³/mol. The molecule has 1 saturated heterocycles. The minimum Gasteiger partial charge on any atom is -0.461 e. The third-order valence-electron chi connectivity index (χ3n) is 6.46. The van der Waals surface area contributed by atoms with Crippen molar-refractivity contribution in [3.63, 3.8) is 0 Å². The topological polar surface area (TPSA) is 93.6 Å². The molecule has 35 heavy (non-hydrogen) atoms. The highest BCUT2D eigenvalue weighted by molar-refractivity contribution is 5.91. The van der Waals surface area contributed by atoms with E-state index >= 15 is 0 Å². The molecule has 0 amide bonds. The van der Waals surface area contributed by atoms with Crippen LogP contribution in [0.2, 0.25) is 0 Å². The summed E-state index contributed by atoms with van der Waals surface area (Å²) in [5.74, 6) is 0.198. The van der Waals surface area contributed by atoms with Crippen molar-refractivity contribution in [2.75, 3.05) is 43.4 Å². The molecule has 0 bridgehead atoms. The molecule has 180 valence electrons. The molecule has 0 spiro atoms. The van der Waals surface area contributed by atoms with Crippen molar-refractivity contribution in [3.8, 4) is 11.6 Å². The van der Waals surface area contributed by atoms with Crippen LogP contribution in [-0.2, 0) is 6.54 Å². The first kappa shape index (κ1) is 21.5. The van der Waals surface area contributed by atoms with E-state index in [2.05, 4.69) is 24.5 Å². The molecule has 9 nitrogen and oxygen atoms in total. The average molecular weight is 479 g/mol. The fraction of sp³-hybridized carbons (Fsp3) is 0.292. The summed E-state index contributed by atoms with van der Waals surface area (Å²) in [5, 5.41) is 5.30. The molecule has 4 aromatic heterocycles. The minimum atomic E-state index is -0.559. The lowest BCUT2D eigenvalue weighted by atomic mass is 10.2. The van der Waals surface area contributed by atoms with Crippen LogP contribution < -0.4 is 10.6 Å². The number of hydrogen-bond acceptors (Lipinski definition) is 7. The van der Waals surface area contributed by atoms with E-state index in [1.165, 1.54) is 16.6 Å². The van der Waals surface area contributed by atoms with E-state index in [4.69, 9.17) is 10.2 Å². The fourth-order valence-electron chi connectivity index (χ4n) is 4.68. The van der Waals surface area contributed by atoms with Gasteiger partial charge in [0.15, 0.2) is 11.4 Å². The number of furan rings is 1. The number of nitrogen functional groups attached to an aromatic ring is 1. The Morgan fingerprint density at radius 2 is 1.89 bits per heavy atom. The van der Waals surface area contributed by atoms with Gasteiger partial charge in [0.25, 0.3) is 0 Å². The van der Waals surface area contributed by atoms with Gasteiger partial charge >= 0.3 is 0 Å². The van der Waals surface area contributed by atoms with E-state index in [0.29, 0.717) is 29.5 Å². The lowest BCUT2D eigenvalue weighted by molar-refractivity contribution is 0.282. The van der Waals surface area contributed by atoms with Crippen LogP contribution in [0.1, 0.15) is 6.42 Å². The van der Waals surface area contributed by atoms with Gasteiger partial charge < -0.3 is 19.6 Å². The molecule has 5 aromatic rings. The molecule has 0 unspecified atom stereocenters. The molecule has 0 aliphatic carbocycles. The van der Waals surface area contributed by atoms with E-state index in [1.54, 1.807) is 18.4 Å². The largest absolute Gasteiger partial charge is 0.461 e. The first-order chi connectivity index (χ1) is 17.1. The predicted octanol–water partition coefficient (Wildman–Crippen LogP) is 3.41. The van der Waals surface area contributed by atoms with Crippen molar-refractivity contribution in [3.05, 3.63) is 60.5 Å². The number of nitrogens with zero attached hydrogens (tertiary/aromatic N) is 7. The summed E-state index contributed by atoms with van der Waals surface area (Å²) in [5.41, 5.74) is 8.04.